The summed E-state index contributed by atoms with van der Waals surface area (Å²) >= 11 is 3.17. The van der Waals surface area contributed by atoms with Crippen LogP contribution in [0.3, 0.4) is 0 Å². The smallest absolute Gasteiger partial charge is 0.243 e. The molecule has 0 radical (unpaired) electrons. The van der Waals surface area contributed by atoms with Crippen molar-refractivity contribution < 1.29 is 13.2 Å². The van der Waals surface area contributed by atoms with Crippen LogP contribution in [0.25, 0.3) is 9.88 Å². The molecule has 1 fully saturated rings. The Balaban J connectivity index is 1.42. The average Bonchev–Trinajstić information content (AvgIpc) is 3.41. The van der Waals surface area contributed by atoms with Crippen LogP contribution in [0.1, 0.15) is 6.92 Å². The number of rotatable bonds is 6. The van der Waals surface area contributed by atoms with Crippen LogP contribution in [0, 0.1) is 0 Å². The van der Waals surface area contributed by atoms with Gasteiger partial charge >= 0.3 is 0 Å². The van der Waals surface area contributed by atoms with E-state index in [4.69, 9.17) is 4.74 Å². The number of thiophene rings is 1. The molecule has 0 unspecified atom stereocenters. The fourth-order valence-electron chi connectivity index (χ4n) is 2.99. The SMILES string of the molecule is CCOc1ccc(S(=O)(=O)N2CCN(c3nnc(-c4cccs4)s3)CC2)cc1. The molecule has 1 aliphatic heterocycles. The summed E-state index contributed by atoms with van der Waals surface area (Å²) in [7, 11) is -3.51. The zero-order chi connectivity index (χ0) is 19.6. The normalized spacial score (nSPS) is 15.7. The molecule has 0 aliphatic carbocycles. The fraction of sp³-hybridized carbons (Fsp3) is 0.333. The molecule has 0 saturated carbocycles. The molecule has 1 saturated heterocycles. The number of ether oxygens (including phenoxy) is 1. The number of hydrogen-bond donors (Lipinski definition) is 0. The zero-order valence-electron chi connectivity index (χ0n) is 15.3. The minimum atomic E-state index is -3.51. The number of aromatic nitrogens is 2. The number of piperazine rings is 1. The first-order chi connectivity index (χ1) is 13.6. The Morgan fingerprint density at radius 3 is 2.46 bits per heavy atom. The lowest BCUT2D eigenvalue weighted by Crippen LogP contribution is -2.48. The van der Waals surface area contributed by atoms with Crippen LogP contribution in [0.2, 0.25) is 0 Å². The van der Waals surface area contributed by atoms with E-state index < -0.39 is 10.0 Å². The van der Waals surface area contributed by atoms with Crippen LogP contribution in [0.5, 0.6) is 5.75 Å². The lowest BCUT2D eigenvalue weighted by atomic mass is 10.3. The van der Waals surface area contributed by atoms with Crippen molar-refractivity contribution in [2.24, 2.45) is 0 Å². The molecule has 0 amide bonds. The van der Waals surface area contributed by atoms with Crippen molar-refractivity contribution in [3.63, 3.8) is 0 Å². The van der Waals surface area contributed by atoms with Gasteiger partial charge in [-0.1, -0.05) is 17.4 Å². The van der Waals surface area contributed by atoms with E-state index in [2.05, 4.69) is 15.1 Å². The summed E-state index contributed by atoms with van der Waals surface area (Å²) in [5, 5.41) is 12.3. The predicted octanol–water partition coefficient (Wildman–Crippen LogP) is 3.18. The van der Waals surface area contributed by atoms with Crippen molar-refractivity contribution in [3.8, 4) is 15.6 Å². The van der Waals surface area contributed by atoms with Crippen molar-refractivity contribution in [2.45, 2.75) is 11.8 Å². The highest BCUT2D eigenvalue weighted by Crippen LogP contribution is 2.32. The number of nitrogens with zero attached hydrogens (tertiary/aromatic N) is 4. The maximum Gasteiger partial charge on any atom is 0.243 e. The van der Waals surface area contributed by atoms with E-state index in [1.807, 2.05) is 24.4 Å². The van der Waals surface area contributed by atoms with Crippen LogP contribution in [-0.2, 0) is 10.0 Å². The number of hydrogen-bond acceptors (Lipinski definition) is 8. The molecule has 0 N–H and O–H groups in total. The maximum atomic E-state index is 12.9. The third kappa shape index (κ3) is 3.90. The average molecular weight is 437 g/mol. The van der Waals surface area contributed by atoms with Crippen molar-refractivity contribution in [2.75, 3.05) is 37.7 Å². The summed E-state index contributed by atoms with van der Waals surface area (Å²) in [4.78, 5) is 3.49. The Kier molecular flexibility index (Phi) is 5.63. The van der Waals surface area contributed by atoms with E-state index in [1.165, 1.54) is 4.31 Å². The molecule has 4 rings (SSSR count). The monoisotopic (exact) mass is 436 g/mol. The summed E-state index contributed by atoms with van der Waals surface area (Å²) in [5.41, 5.74) is 0. The maximum absolute atomic E-state index is 12.9. The van der Waals surface area contributed by atoms with Gasteiger partial charge < -0.3 is 9.64 Å². The van der Waals surface area contributed by atoms with Crippen LogP contribution in [0.15, 0.2) is 46.7 Å². The minimum absolute atomic E-state index is 0.292. The Morgan fingerprint density at radius 2 is 1.82 bits per heavy atom. The molecule has 2 aromatic heterocycles. The highest BCUT2D eigenvalue weighted by atomic mass is 32.2. The predicted molar refractivity (Wildman–Crippen MR) is 112 cm³/mol. The molecule has 10 heteroatoms. The number of benzene rings is 1. The zero-order valence-corrected chi connectivity index (χ0v) is 17.8. The summed E-state index contributed by atoms with van der Waals surface area (Å²) in [6.45, 7) is 4.47. The van der Waals surface area contributed by atoms with Gasteiger partial charge in [-0.15, -0.1) is 21.5 Å². The lowest BCUT2D eigenvalue weighted by molar-refractivity contribution is 0.340. The molecule has 28 heavy (non-hydrogen) atoms. The van der Waals surface area contributed by atoms with Gasteiger partial charge in [0.1, 0.15) is 5.75 Å². The number of sulfonamides is 1. The van der Waals surface area contributed by atoms with Crippen LogP contribution in [-0.4, -0.2) is 55.7 Å². The van der Waals surface area contributed by atoms with Gasteiger partial charge in [0.15, 0.2) is 5.01 Å². The molecule has 1 aromatic carbocycles. The van der Waals surface area contributed by atoms with Gasteiger partial charge in [0, 0.05) is 26.2 Å². The first kappa shape index (κ1) is 19.3. The van der Waals surface area contributed by atoms with Crippen LogP contribution >= 0.6 is 22.7 Å². The van der Waals surface area contributed by atoms with Crippen molar-refractivity contribution in [3.05, 3.63) is 41.8 Å². The van der Waals surface area contributed by atoms with E-state index in [-0.39, 0.29) is 0 Å². The van der Waals surface area contributed by atoms with Crippen LogP contribution in [0.4, 0.5) is 5.13 Å². The molecule has 0 bridgehead atoms. The standard InChI is InChI=1S/C18H20N4O3S3/c1-2-25-14-5-7-15(8-6-14)28(23,24)22-11-9-21(10-12-22)18-20-19-17(27-18)16-4-3-13-26-16/h3-8,13H,2,9-12H2,1H3. The van der Waals surface area contributed by atoms with Gasteiger partial charge in [0.2, 0.25) is 15.2 Å². The molecular formula is C18H20N4O3S3. The van der Waals surface area contributed by atoms with Crippen molar-refractivity contribution in [1.29, 1.82) is 0 Å². The van der Waals surface area contributed by atoms with Gasteiger partial charge in [-0.05, 0) is 42.6 Å². The summed E-state index contributed by atoms with van der Waals surface area (Å²) in [6, 6.07) is 10.6. The molecule has 0 spiro atoms. The molecular weight excluding hydrogens is 416 g/mol. The Morgan fingerprint density at radius 1 is 1.07 bits per heavy atom. The van der Waals surface area contributed by atoms with Gasteiger partial charge in [-0.2, -0.15) is 4.31 Å². The molecule has 148 valence electrons. The third-order valence-corrected chi connectivity index (χ3v) is 8.36. The van der Waals surface area contributed by atoms with Crippen molar-refractivity contribution in [1.82, 2.24) is 14.5 Å². The van der Waals surface area contributed by atoms with E-state index in [9.17, 15) is 8.42 Å². The number of anilines is 1. The van der Waals surface area contributed by atoms with Gasteiger partial charge in [-0.25, -0.2) is 8.42 Å². The molecule has 0 atom stereocenters. The van der Waals surface area contributed by atoms with E-state index >= 15 is 0 Å². The van der Waals surface area contributed by atoms with Gasteiger partial charge in [-0.3, -0.25) is 0 Å². The third-order valence-electron chi connectivity index (χ3n) is 4.43. The minimum Gasteiger partial charge on any atom is -0.494 e. The van der Waals surface area contributed by atoms with E-state index in [0.29, 0.717) is 43.4 Å². The van der Waals surface area contributed by atoms with Crippen molar-refractivity contribution >= 4 is 37.8 Å². The van der Waals surface area contributed by atoms with Gasteiger partial charge in [0.05, 0.1) is 16.4 Å². The lowest BCUT2D eigenvalue weighted by Gasteiger charge is -2.33. The second-order valence-corrected chi connectivity index (χ2v) is 10.0. The van der Waals surface area contributed by atoms with Crippen LogP contribution < -0.4 is 9.64 Å². The topological polar surface area (TPSA) is 75.6 Å². The molecule has 1 aliphatic rings. The molecule has 3 heterocycles. The fourth-order valence-corrected chi connectivity index (χ4v) is 6.10. The Bertz CT molecular complexity index is 1010. The molecule has 7 nitrogen and oxygen atoms in total. The Hall–Kier alpha value is -2.01. The second-order valence-electron chi connectivity index (χ2n) is 6.16. The van der Waals surface area contributed by atoms with E-state index in [1.54, 1.807) is 46.9 Å². The first-order valence-electron chi connectivity index (χ1n) is 8.93. The highest BCUT2D eigenvalue weighted by molar-refractivity contribution is 7.89. The largest absolute Gasteiger partial charge is 0.494 e. The quantitative estimate of drug-likeness (QED) is 0.591. The van der Waals surface area contributed by atoms with Gasteiger partial charge in [0.25, 0.3) is 0 Å². The highest BCUT2D eigenvalue weighted by Gasteiger charge is 2.29. The second kappa shape index (κ2) is 8.16. The summed E-state index contributed by atoms with van der Waals surface area (Å²) in [5.74, 6) is 0.670. The van der Waals surface area contributed by atoms with E-state index in [0.717, 1.165) is 15.0 Å². The first-order valence-corrected chi connectivity index (χ1v) is 12.1. The summed E-state index contributed by atoms with van der Waals surface area (Å²) in [6.07, 6.45) is 0. The Labute approximate surface area is 172 Å². The summed E-state index contributed by atoms with van der Waals surface area (Å²) < 4.78 is 32.7. The molecule has 3 aromatic rings.